The molecular formula is C22H19N5O3. The molecule has 4 aromatic rings. The van der Waals surface area contributed by atoms with Crippen LogP contribution >= 0.6 is 0 Å². The van der Waals surface area contributed by atoms with Crippen molar-refractivity contribution in [2.24, 2.45) is 5.73 Å². The van der Waals surface area contributed by atoms with Gasteiger partial charge in [0.1, 0.15) is 0 Å². The van der Waals surface area contributed by atoms with Crippen LogP contribution in [0.25, 0.3) is 22.7 Å². The van der Waals surface area contributed by atoms with E-state index in [1.165, 1.54) is 6.07 Å². The number of fused-ring (bicyclic) bond motifs is 1. The Morgan fingerprint density at radius 1 is 1.03 bits per heavy atom. The summed E-state index contributed by atoms with van der Waals surface area (Å²) in [5, 5.41) is 2.81. The zero-order chi connectivity index (χ0) is 21.3. The van der Waals surface area contributed by atoms with Crippen molar-refractivity contribution >= 4 is 34.4 Å². The molecular weight excluding hydrogens is 382 g/mol. The van der Waals surface area contributed by atoms with Gasteiger partial charge in [0.05, 0.1) is 0 Å². The van der Waals surface area contributed by atoms with Crippen molar-refractivity contribution < 1.29 is 14.0 Å². The molecule has 0 unspecified atom stereocenters. The van der Waals surface area contributed by atoms with Crippen molar-refractivity contribution in [3.05, 3.63) is 71.9 Å². The van der Waals surface area contributed by atoms with Gasteiger partial charge in [-0.1, -0.05) is 6.07 Å². The van der Waals surface area contributed by atoms with Gasteiger partial charge < -0.3 is 20.4 Å². The SMILES string of the molecule is CN(C)c1cccc(C(=O)Nc2cc(C(N)=O)cc(-c3nc4ncccc4o3)c2)c1. The van der Waals surface area contributed by atoms with Crippen LogP contribution in [-0.4, -0.2) is 35.9 Å². The number of nitrogens with zero attached hydrogens (tertiary/aromatic N) is 3. The number of amides is 2. The first-order valence-corrected chi connectivity index (χ1v) is 9.16. The number of hydrogen-bond acceptors (Lipinski definition) is 6. The van der Waals surface area contributed by atoms with Crippen molar-refractivity contribution in [1.29, 1.82) is 0 Å². The normalized spacial score (nSPS) is 10.7. The van der Waals surface area contributed by atoms with E-state index in [2.05, 4.69) is 15.3 Å². The summed E-state index contributed by atoms with van der Waals surface area (Å²) < 4.78 is 5.73. The van der Waals surface area contributed by atoms with Crippen LogP contribution in [-0.2, 0) is 0 Å². The molecule has 0 aliphatic rings. The first-order valence-electron chi connectivity index (χ1n) is 9.16. The van der Waals surface area contributed by atoms with Gasteiger partial charge in [-0.3, -0.25) is 9.59 Å². The molecule has 0 bridgehead atoms. The van der Waals surface area contributed by atoms with E-state index in [-0.39, 0.29) is 17.4 Å². The Labute approximate surface area is 172 Å². The molecule has 0 aliphatic heterocycles. The molecule has 0 fully saturated rings. The van der Waals surface area contributed by atoms with Crippen LogP contribution in [0.4, 0.5) is 11.4 Å². The van der Waals surface area contributed by atoms with Crippen LogP contribution in [0.15, 0.2) is 65.2 Å². The number of aromatic nitrogens is 2. The smallest absolute Gasteiger partial charge is 0.255 e. The quantitative estimate of drug-likeness (QED) is 0.530. The highest BCUT2D eigenvalue weighted by Crippen LogP contribution is 2.27. The van der Waals surface area contributed by atoms with E-state index in [0.717, 1.165) is 5.69 Å². The van der Waals surface area contributed by atoms with Gasteiger partial charge in [0.25, 0.3) is 5.91 Å². The fraction of sp³-hybridized carbons (Fsp3) is 0.0909. The lowest BCUT2D eigenvalue weighted by Crippen LogP contribution is -2.16. The lowest BCUT2D eigenvalue weighted by atomic mass is 10.1. The van der Waals surface area contributed by atoms with Crippen LogP contribution < -0.4 is 16.0 Å². The maximum atomic E-state index is 12.8. The molecule has 2 heterocycles. The van der Waals surface area contributed by atoms with Crippen LogP contribution in [0.2, 0.25) is 0 Å². The highest BCUT2D eigenvalue weighted by molar-refractivity contribution is 6.06. The number of nitrogens with two attached hydrogens (primary N) is 1. The van der Waals surface area contributed by atoms with E-state index in [0.29, 0.717) is 28.0 Å². The van der Waals surface area contributed by atoms with Gasteiger partial charge in [-0.25, -0.2) is 4.98 Å². The van der Waals surface area contributed by atoms with E-state index in [9.17, 15) is 9.59 Å². The third-order valence-corrected chi connectivity index (χ3v) is 4.51. The molecule has 0 radical (unpaired) electrons. The maximum Gasteiger partial charge on any atom is 0.255 e. The first-order chi connectivity index (χ1) is 14.4. The molecule has 8 heteroatoms. The molecule has 4 rings (SSSR count). The van der Waals surface area contributed by atoms with Crippen LogP contribution in [0, 0.1) is 0 Å². The number of primary amides is 1. The average molecular weight is 401 g/mol. The van der Waals surface area contributed by atoms with Crippen molar-refractivity contribution in [1.82, 2.24) is 9.97 Å². The summed E-state index contributed by atoms with van der Waals surface area (Å²) in [4.78, 5) is 35.0. The lowest BCUT2D eigenvalue weighted by Gasteiger charge is -2.14. The Hall–Kier alpha value is -4.20. The number of anilines is 2. The monoisotopic (exact) mass is 401 g/mol. The summed E-state index contributed by atoms with van der Waals surface area (Å²) in [5.74, 6) is -0.668. The Kier molecular flexibility index (Phi) is 4.89. The Bertz CT molecular complexity index is 1230. The van der Waals surface area contributed by atoms with Gasteiger partial charge in [0.2, 0.25) is 11.8 Å². The summed E-state index contributed by atoms with van der Waals surface area (Å²) >= 11 is 0. The fourth-order valence-corrected chi connectivity index (χ4v) is 2.99. The fourth-order valence-electron chi connectivity index (χ4n) is 2.99. The number of carbonyl (C=O) groups excluding carboxylic acids is 2. The Morgan fingerprint density at radius 2 is 1.87 bits per heavy atom. The number of carbonyl (C=O) groups is 2. The van der Waals surface area contributed by atoms with Gasteiger partial charge in [-0.15, -0.1) is 0 Å². The van der Waals surface area contributed by atoms with Crippen LogP contribution in [0.3, 0.4) is 0 Å². The van der Waals surface area contributed by atoms with Gasteiger partial charge in [-0.2, -0.15) is 4.98 Å². The minimum absolute atomic E-state index is 0.222. The van der Waals surface area contributed by atoms with Crippen LogP contribution in [0.5, 0.6) is 0 Å². The summed E-state index contributed by atoms with van der Waals surface area (Å²) in [5.41, 5.74) is 8.95. The second kappa shape index (κ2) is 7.67. The van der Waals surface area contributed by atoms with E-state index in [1.807, 2.05) is 25.1 Å². The lowest BCUT2D eigenvalue weighted by molar-refractivity contribution is 0.0996. The molecule has 2 amide bonds. The molecule has 2 aromatic heterocycles. The van der Waals surface area contributed by atoms with E-state index in [1.54, 1.807) is 48.7 Å². The molecule has 0 aliphatic carbocycles. The average Bonchev–Trinajstić information content (AvgIpc) is 3.18. The van der Waals surface area contributed by atoms with Gasteiger partial charge in [-0.05, 0) is 48.5 Å². The first kappa shape index (κ1) is 19.1. The van der Waals surface area contributed by atoms with E-state index < -0.39 is 5.91 Å². The number of oxazole rings is 1. The molecule has 0 spiro atoms. The second-order valence-corrected chi connectivity index (χ2v) is 6.91. The van der Waals surface area contributed by atoms with E-state index in [4.69, 9.17) is 10.2 Å². The molecule has 0 atom stereocenters. The minimum Gasteiger partial charge on any atom is -0.434 e. The van der Waals surface area contributed by atoms with E-state index >= 15 is 0 Å². The number of rotatable bonds is 5. The molecule has 0 saturated carbocycles. The predicted octanol–water partition coefficient (Wildman–Crippen LogP) is 3.31. The Morgan fingerprint density at radius 3 is 2.60 bits per heavy atom. The minimum atomic E-state index is -0.629. The van der Waals surface area contributed by atoms with Gasteiger partial charge in [0.15, 0.2) is 11.2 Å². The van der Waals surface area contributed by atoms with Gasteiger partial charge >= 0.3 is 0 Å². The summed E-state index contributed by atoms with van der Waals surface area (Å²) in [6.45, 7) is 0. The molecule has 8 nitrogen and oxygen atoms in total. The maximum absolute atomic E-state index is 12.8. The summed E-state index contributed by atoms with van der Waals surface area (Å²) in [6.07, 6.45) is 1.61. The molecule has 150 valence electrons. The largest absolute Gasteiger partial charge is 0.434 e. The highest BCUT2D eigenvalue weighted by atomic mass is 16.3. The molecule has 30 heavy (non-hydrogen) atoms. The molecule has 2 aromatic carbocycles. The predicted molar refractivity (Wildman–Crippen MR) is 114 cm³/mol. The topological polar surface area (TPSA) is 114 Å². The number of hydrogen-bond donors (Lipinski definition) is 2. The number of pyridine rings is 1. The number of benzene rings is 2. The zero-order valence-electron chi connectivity index (χ0n) is 16.4. The van der Waals surface area contributed by atoms with Crippen LogP contribution in [0.1, 0.15) is 20.7 Å². The molecule has 0 saturated heterocycles. The summed E-state index contributed by atoms with van der Waals surface area (Å²) in [6, 6.07) is 15.4. The van der Waals surface area contributed by atoms with Crippen molar-refractivity contribution in [2.45, 2.75) is 0 Å². The van der Waals surface area contributed by atoms with Crippen molar-refractivity contribution in [2.75, 3.05) is 24.3 Å². The summed E-state index contributed by atoms with van der Waals surface area (Å²) in [7, 11) is 3.80. The second-order valence-electron chi connectivity index (χ2n) is 6.91. The standard InChI is InChI=1S/C22H19N5O3/c1-27(2)17-6-3-5-13(12-17)21(29)25-16-10-14(19(23)28)9-15(11-16)22-26-20-18(30-22)7-4-8-24-20/h3-12H,1-2H3,(H2,23,28)(H,25,29). The zero-order valence-corrected chi connectivity index (χ0v) is 16.4. The highest BCUT2D eigenvalue weighted by Gasteiger charge is 2.15. The number of nitrogens with one attached hydrogen (secondary N) is 1. The molecule has 3 N–H and O–H groups in total. The van der Waals surface area contributed by atoms with Crippen molar-refractivity contribution in [3.8, 4) is 11.5 Å². The van der Waals surface area contributed by atoms with Crippen molar-refractivity contribution in [3.63, 3.8) is 0 Å². The third-order valence-electron chi connectivity index (χ3n) is 4.51. The van der Waals surface area contributed by atoms with Gasteiger partial charge in [0, 0.05) is 48.4 Å². The third kappa shape index (κ3) is 3.83. The Balaban J connectivity index is 1.70.